The number of nitrogens with one attached hydrogen (secondary N) is 1. The van der Waals surface area contributed by atoms with Crippen LogP contribution in [0.2, 0.25) is 0 Å². The maximum atomic E-state index is 12.4. The van der Waals surface area contributed by atoms with Gasteiger partial charge in [-0.2, -0.15) is 0 Å². The van der Waals surface area contributed by atoms with Crippen LogP contribution in [0.25, 0.3) is 11.0 Å². The van der Waals surface area contributed by atoms with Gasteiger partial charge in [0.2, 0.25) is 5.76 Å². The van der Waals surface area contributed by atoms with Crippen molar-refractivity contribution in [3.05, 3.63) is 75.6 Å². The first-order valence-electron chi connectivity index (χ1n) is 8.92. The summed E-state index contributed by atoms with van der Waals surface area (Å²) in [5, 5.41) is 2.92. The third-order valence-electron chi connectivity index (χ3n) is 4.30. The van der Waals surface area contributed by atoms with Crippen molar-refractivity contribution in [3.63, 3.8) is 0 Å². The highest BCUT2D eigenvalue weighted by molar-refractivity contribution is 6.05. The van der Waals surface area contributed by atoms with Crippen LogP contribution >= 0.6 is 0 Å². The van der Waals surface area contributed by atoms with E-state index in [0.29, 0.717) is 16.6 Å². The molecule has 1 aromatic heterocycles. The number of aryl methyl sites for hydroxylation is 1. The van der Waals surface area contributed by atoms with Crippen LogP contribution in [0, 0.1) is 6.92 Å². The number of carbonyl (C=O) groups excluding carboxylic acids is 3. The fourth-order valence-electron chi connectivity index (χ4n) is 2.78. The summed E-state index contributed by atoms with van der Waals surface area (Å²) in [6.07, 6.45) is -1.18. The second-order valence-corrected chi connectivity index (χ2v) is 6.61. The Morgan fingerprint density at radius 2 is 1.79 bits per heavy atom. The number of ketones is 1. The van der Waals surface area contributed by atoms with E-state index < -0.39 is 18.0 Å². The van der Waals surface area contributed by atoms with E-state index in [9.17, 15) is 19.2 Å². The van der Waals surface area contributed by atoms with E-state index in [1.165, 1.54) is 13.8 Å². The fraction of sp³-hybridized carbons (Fsp3) is 0.182. The predicted octanol–water partition coefficient (Wildman–Crippen LogP) is 3.49. The van der Waals surface area contributed by atoms with Gasteiger partial charge in [-0.25, -0.2) is 4.79 Å². The highest BCUT2D eigenvalue weighted by atomic mass is 16.6. The van der Waals surface area contributed by atoms with Crippen LogP contribution < -0.4 is 10.7 Å². The minimum atomic E-state index is -1.18. The first kappa shape index (κ1) is 20.0. The summed E-state index contributed by atoms with van der Waals surface area (Å²) in [7, 11) is 0. The van der Waals surface area contributed by atoms with Gasteiger partial charge in [0.05, 0.1) is 11.1 Å². The molecule has 0 fully saturated rings. The van der Waals surface area contributed by atoms with Gasteiger partial charge in [0.25, 0.3) is 5.91 Å². The van der Waals surface area contributed by atoms with Crippen molar-refractivity contribution < 1.29 is 23.5 Å². The number of hydrogen-bond acceptors (Lipinski definition) is 6. The van der Waals surface area contributed by atoms with Gasteiger partial charge in [0, 0.05) is 11.6 Å². The van der Waals surface area contributed by atoms with Crippen molar-refractivity contribution in [1.82, 2.24) is 0 Å². The largest absolute Gasteiger partial charge is 0.449 e. The Balaban J connectivity index is 1.76. The Hall–Kier alpha value is -3.74. The quantitative estimate of drug-likeness (QED) is 0.526. The lowest BCUT2D eigenvalue weighted by atomic mass is 10.1. The molecule has 3 aromatic rings. The summed E-state index contributed by atoms with van der Waals surface area (Å²) in [6.45, 7) is 4.61. The monoisotopic (exact) mass is 393 g/mol. The van der Waals surface area contributed by atoms with Crippen molar-refractivity contribution in [2.45, 2.75) is 26.9 Å². The SMILES string of the molecule is CC(=O)c1ccccc1NC(=O)[C@@H](C)OC(=O)c1cc(=O)c2cc(C)ccc2o1. The second kappa shape index (κ2) is 8.10. The van der Waals surface area contributed by atoms with Crippen LogP contribution in [0.4, 0.5) is 5.69 Å². The van der Waals surface area contributed by atoms with Crippen LogP contribution in [-0.2, 0) is 9.53 Å². The van der Waals surface area contributed by atoms with Crippen LogP contribution in [0.5, 0.6) is 0 Å². The number of rotatable bonds is 5. The molecule has 0 aliphatic heterocycles. The molecule has 1 atom stereocenters. The minimum Gasteiger partial charge on any atom is -0.449 e. The minimum absolute atomic E-state index is 0.210. The molecular formula is C22H19NO6. The van der Waals surface area contributed by atoms with Crippen molar-refractivity contribution in [3.8, 4) is 0 Å². The average molecular weight is 393 g/mol. The molecule has 2 aromatic carbocycles. The fourth-order valence-corrected chi connectivity index (χ4v) is 2.78. The molecule has 0 saturated heterocycles. The topological polar surface area (TPSA) is 103 Å². The molecule has 0 bridgehead atoms. The lowest BCUT2D eigenvalue weighted by molar-refractivity contribution is -0.123. The predicted molar refractivity (Wildman–Crippen MR) is 107 cm³/mol. The summed E-state index contributed by atoms with van der Waals surface area (Å²) < 4.78 is 10.6. The van der Waals surface area contributed by atoms with Gasteiger partial charge >= 0.3 is 5.97 Å². The van der Waals surface area contributed by atoms with E-state index in [2.05, 4.69) is 5.32 Å². The average Bonchev–Trinajstić information content (AvgIpc) is 2.68. The number of benzene rings is 2. The van der Waals surface area contributed by atoms with E-state index in [0.717, 1.165) is 11.6 Å². The molecule has 0 aliphatic rings. The smallest absolute Gasteiger partial charge is 0.375 e. The van der Waals surface area contributed by atoms with E-state index >= 15 is 0 Å². The summed E-state index contributed by atoms with van der Waals surface area (Å²) in [5.74, 6) is -2.06. The van der Waals surface area contributed by atoms with Crippen LogP contribution in [0.3, 0.4) is 0 Å². The Labute approximate surface area is 166 Å². The van der Waals surface area contributed by atoms with Crippen molar-refractivity contribution >= 4 is 34.3 Å². The molecule has 0 radical (unpaired) electrons. The third-order valence-corrected chi connectivity index (χ3v) is 4.30. The lowest BCUT2D eigenvalue weighted by Gasteiger charge is -2.14. The van der Waals surface area contributed by atoms with Gasteiger partial charge in [0.15, 0.2) is 17.3 Å². The molecule has 7 heteroatoms. The Kier molecular flexibility index (Phi) is 5.59. The number of ether oxygens (including phenoxy) is 1. The Morgan fingerprint density at radius 1 is 1.07 bits per heavy atom. The number of carbonyl (C=O) groups is 3. The maximum Gasteiger partial charge on any atom is 0.375 e. The number of para-hydroxylation sites is 1. The zero-order valence-electron chi connectivity index (χ0n) is 16.1. The maximum absolute atomic E-state index is 12.4. The van der Waals surface area contributed by atoms with E-state index in [1.54, 1.807) is 42.5 Å². The van der Waals surface area contributed by atoms with Crippen LogP contribution in [-0.4, -0.2) is 23.8 Å². The molecule has 29 heavy (non-hydrogen) atoms. The van der Waals surface area contributed by atoms with Crippen molar-refractivity contribution in [2.24, 2.45) is 0 Å². The number of amides is 1. The van der Waals surface area contributed by atoms with Gasteiger partial charge in [-0.1, -0.05) is 23.8 Å². The highest BCUT2D eigenvalue weighted by Crippen LogP contribution is 2.17. The highest BCUT2D eigenvalue weighted by Gasteiger charge is 2.22. The summed E-state index contributed by atoms with van der Waals surface area (Å²) in [5.41, 5.74) is 1.42. The number of esters is 1. The first-order chi connectivity index (χ1) is 13.8. The Morgan fingerprint density at radius 3 is 2.52 bits per heavy atom. The summed E-state index contributed by atoms with van der Waals surface area (Å²) in [4.78, 5) is 48.6. The van der Waals surface area contributed by atoms with Crippen molar-refractivity contribution in [2.75, 3.05) is 5.32 Å². The molecule has 7 nitrogen and oxygen atoms in total. The lowest BCUT2D eigenvalue weighted by Crippen LogP contribution is -2.30. The van der Waals surface area contributed by atoms with Gasteiger partial charge in [-0.05, 0) is 45.0 Å². The van der Waals surface area contributed by atoms with Crippen LogP contribution in [0.15, 0.2) is 57.7 Å². The molecule has 0 aliphatic carbocycles. The summed E-state index contributed by atoms with van der Waals surface area (Å²) in [6, 6.07) is 12.6. The van der Waals surface area contributed by atoms with E-state index in [1.807, 2.05) is 6.92 Å². The summed E-state index contributed by atoms with van der Waals surface area (Å²) >= 11 is 0. The standard InChI is InChI=1S/C22H19NO6/c1-12-8-9-19-16(10-12)18(25)11-20(29-19)22(27)28-14(3)21(26)23-17-7-5-4-6-15(17)13(2)24/h4-11,14H,1-3H3,(H,23,26)/t14-/m1/s1. The number of fused-ring (bicyclic) bond motifs is 1. The number of anilines is 1. The zero-order valence-corrected chi connectivity index (χ0v) is 16.1. The molecular weight excluding hydrogens is 374 g/mol. The molecule has 3 rings (SSSR count). The zero-order chi connectivity index (χ0) is 21.1. The van der Waals surface area contributed by atoms with E-state index in [-0.39, 0.29) is 22.6 Å². The van der Waals surface area contributed by atoms with Crippen molar-refractivity contribution in [1.29, 1.82) is 0 Å². The number of hydrogen-bond donors (Lipinski definition) is 1. The van der Waals surface area contributed by atoms with Gasteiger partial charge in [0.1, 0.15) is 5.58 Å². The first-order valence-corrected chi connectivity index (χ1v) is 8.92. The second-order valence-electron chi connectivity index (χ2n) is 6.61. The van der Waals surface area contributed by atoms with Gasteiger partial charge in [-0.15, -0.1) is 0 Å². The van der Waals surface area contributed by atoms with Gasteiger partial charge in [-0.3, -0.25) is 14.4 Å². The van der Waals surface area contributed by atoms with E-state index in [4.69, 9.17) is 9.15 Å². The number of Topliss-reactive ketones (excluding diaryl/α,β-unsaturated/α-hetero) is 1. The molecule has 1 N–H and O–H groups in total. The molecule has 148 valence electrons. The van der Waals surface area contributed by atoms with Crippen LogP contribution in [0.1, 0.15) is 40.3 Å². The molecule has 0 spiro atoms. The molecule has 1 heterocycles. The Bertz CT molecular complexity index is 1180. The third kappa shape index (κ3) is 4.40. The molecule has 1 amide bonds. The normalized spacial score (nSPS) is 11.7. The molecule has 0 unspecified atom stereocenters. The molecule has 0 saturated carbocycles. The van der Waals surface area contributed by atoms with Gasteiger partial charge < -0.3 is 14.5 Å².